The van der Waals surface area contributed by atoms with Gasteiger partial charge in [0.05, 0.1) is 12.2 Å². The number of halogens is 1. The third-order valence-electron chi connectivity index (χ3n) is 2.82. The first-order chi connectivity index (χ1) is 10.9. The van der Waals surface area contributed by atoms with Gasteiger partial charge in [0.25, 0.3) is 0 Å². The first-order valence-corrected chi connectivity index (χ1v) is 9.05. The average Bonchev–Trinajstić information content (AvgIpc) is 2.50. The van der Waals surface area contributed by atoms with Gasteiger partial charge in [-0.15, -0.1) is 0 Å². The van der Waals surface area contributed by atoms with E-state index in [1.807, 2.05) is 0 Å². The Morgan fingerprint density at radius 1 is 1.13 bits per heavy atom. The van der Waals surface area contributed by atoms with Gasteiger partial charge < -0.3 is 14.3 Å². The number of hydrogen-bond acceptors (Lipinski definition) is 4. The molecule has 1 N–H and O–H groups in total. The van der Waals surface area contributed by atoms with Crippen LogP contribution in [0.5, 0.6) is 5.75 Å². The largest absolute Gasteiger partial charge is 0.462 e. The molecule has 0 aliphatic rings. The van der Waals surface area contributed by atoms with Gasteiger partial charge in [-0.2, -0.15) is 0 Å². The van der Waals surface area contributed by atoms with Crippen LogP contribution in [-0.4, -0.2) is 19.2 Å². The Bertz CT molecular complexity index is 716. The quantitative estimate of drug-likeness (QED) is 0.628. The van der Waals surface area contributed by atoms with Gasteiger partial charge in [-0.05, 0) is 55.5 Å². The van der Waals surface area contributed by atoms with Gasteiger partial charge in [0.15, 0.2) is 0 Å². The van der Waals surface area contributed by atoms with Gasteiger partial charge >= 0.3 is 13.5 Å². The number of carbonyl (C=O) groups excluding carboxylic acids is 1. The lowest BCUT2D eigenvalue weighted by molar-refractivity contribution is 0.0526. The van der Waals surface area contributed by atoms with Crippen molar-refractivity contribution in [2.75, 3.05) is 18.4 Å². The van der Waals surface area contributed by atoms with Gasteiger partial charge in [-0.3, -0.25) is 4.57 Å². The average molecular weight is 337 g/mol. The summed E-state index contributed by atoms with van der Waals surface area (Å²) in [6, 6.07) is 11.6. The minimum atomic E-state index is -3.19. The molecular weight excluding hydrogens is 320 g/mol. The van der Waals surface area contributed by atoms with Crippen LogP contribution >= 0.6 is 7.52 Å². The van der Waals surface area contributed by atoms with E-state index >= 15 is 0 Å². The minimum absolute atomic E-state index is 0.299. The van der Waals surface area contributed by atoms with Crippen LogP contribution in [0.1, 0.15) is 17.3 Å². The maximum atomic E-state index is 12.8. The number of hydrogen-bond donors (Lipinski definition) is 1. The molecule has 0 fully saturated rings. The molecule has 0 saturated carbocycles. The fraction of sp³-hybridized carbons (Fsp3) is 0.188. The van der Waals surface area contributed by atoms with Crippen molar-refractivity contribution in [1.29, 1.82) is 0 Å². The van der Waals surface area contributed by atoms with Gasteiger partial charge in [0, 0.05) is 12.4 Å². The second-order valence-electron chi connectivity index (χ2n) is 4.80. The Kier molecular flexibility index (Phi) is 5.40. The SMILES string of the molecule is CCOC(=O)c1ccc(N[P@@](C)(=O)Oc2ccc(F)cc2)cc1. The van der Waals surface area contributed by atoms with Crippen molar-refractivity contribution in [2.45, 2.75) is 6.92 Å². The molecule has 0 aliphatic carbocycles. The van der Waals surface area contributed by atoms with Crippen LogP contribution in [0, 0.1) is 5.82 Å². The molecular formula is C16H17FNO4P. The summed E-state index contributed by atoms with van der Waals surface area (Å²) < 4.78 is 35.5. The summed E-state index contributed by atoms with van der Waals surface area (Å²) in [6.07, 6.45) is 0. The maximum Gasteiger partial charge on any atom is 0.338 e. The molecule has 2 aromatic carbocycles. The Balaban J connectivity index is 2.03. The van der Waals surface area contributed by atoms with E-state index in [4.69, 9.17) is 9.26 Å². The van der Waals surface area contributed by atoms with Crippen LogP contribution < -0.4 is 9.61 Å². The Morgan fingerprint density at radius 3 is 2.30 bits per heavy atom. The molecule has 0 amide bonds. The molecule has 0 saturated heterocycles. The number of nitrogens with one attached hydrogen (secondary N) is 1. The van der Waals surface area contributed by atoms with E-state index in [1.165, 1.54) is 30.9 Å². The highest BCUT2D eigenvalue weighted by atomic mass is 31.2. The fourth-order valence-electron chi connectivity index (χ4n) is 1.85. The predicted molar refractivity (Wildman–Crippen MR) is 86.6 cm³/mol. The summed E-state index contributed by atoms with van der Waals surface area (Å²) in [4.78, 5) is 11.6. The fourth-order valence-corrected chi connectivity index (χ4v) is 3.04. The second kappa shape index (κ2) is 7.29. The van der Waals surface area contributed by atoms with E-state index in [0.717, 1.165) is 0 Å². The van der Waals surface area contributed by atoms with E-state index in [2.05, 4.69) is 5.09 Å². The highest BCUT2D eigenvalue weighted by Gasteiger charge is 2.17. The molecule has 0 heterocycles. The Hall–Kier alpha value is -2.33. The summed E-state index contributed by atoms with van der Waals surface area (Å²) in [5, 5.41) is 2.77. The monoisotopic (exact) mass is 337 g/mol. The van der Waals surface area contributed by atoms with Crippen molar-refractivity contribution in [3.05, 3.63) is 59.9 Å². The number of anilines is 1. The van der Waals surface area contributed by atoms with Crippen molar-refractivity contribution in [3.8, 4) is 5.75 Å². The van der Waals surface area contributed by atoms with Crippen LogP contribution in [0.2, 0.25) is 0 Å². The molecule has 0 spiro atoms. The lowest BCUT2D eigenvalue weighted by atomic mass is 10.2. The summed E-state index contributed by atoms with van der Waals surface area (Å²) in [6.45, 7) is 3.44. The molecule has 0 unspecified atom stereocenters. The predicted octanol–water partition coefficient (Wildman–Crippen LogP) is 4.32. The van der Waals surface area contributed by atoms with Crippen molar-refractivity contribution >= 4 is 19.2 Å². The van der Waals surface area contributed by atoms with Crippen LogP contribution in [0.4, 0.5) is 10.1 Å². The molecule has 0 radical (unpaired) electrons. The van der Waals surface area contributed by atoms with Crippen LogP contribution in [0.25, 0.3) is 0 Å². The molecule has 5 nitrogen and oxygen atoms in total. The summed E-state index contributed by atoms with van der Waals surface area (Å²) in [7, 11) is -3.19. The number of rotatable bonds is 6. The van der Waals surface area contributed by atoms with Crippen molar-refractivity contribution in [2.24, 2.45) is 0 Å². The molecule has 0 bridgehead atoms. The van der Waals surface area contributed by atoms with Crippen molar-refractivity contribution < 1.29 is 23.0 Å². The van der Waals surface area contributed by atoms with Crippen molar-refractivity contribution in [3.63, 3.8) is 0 Å². The molecule has 1 atom stereocenters. The smallest absolute Gasteiger partial charge is 0.338 e. The van der Waals surface area contributed by atoms with Crippen LogP contribution in [0.3, 0.4) is 0 Å². The summed E-state index contributed by atoms with van der Waals surface area (Å²) in [5.41, 5.74) is 0.939. The van der Waals surface area contributed by atoms with Gasteiger partial charge in [-0.1, -0.05) is 0 Å². The number of ether oxygens (including phenoxy) is 1. The second-order valence-corrected chi connectivity index (χ2v) is 6.90. The Morgan fingerprint density at radius 2 is 1.74 bits per heavy atom. The lowest BCUT2D eigenvalue weighted by Gasteiger charge is -2.17. The number of benzene rings is 2. The molecule has 122 valence electrons. The first-order valence-electron chi connectivity index (χ1n) is 6.98. The molecule has 7 heteroatoms. The highest BCUT2D eigenvalue weighted by Crippen LogP contribution is 2.43. The zero-order chi connectivity index (χ0) is 16.9. The third kappa shape index (κ3) is 5.11. The maximum absolute atomic E-state index is 12.8. The van der Waals surface area contributed by atoms with Crippen LogP contribution in [-0.2, 0) is 9.30 Å². The standard InChI is InChI=1S/C16H17FNO4P/c1-3-21-16(19)12-4-8-14(9-5-12)18-23(2,20)22-15-10-6-13(17)7-11-15/h4-11H,3H2,1-2H3,(H,18,20)/t23-/m0/s1. The van der Waals surface area contributed by atoms with E-state index in [1.54, 1.807) is 31.2 Å². The molecule has 0 aromatic heterocycles. The lowest BCUT2D eigenvalue weighted by Crippen LogP contribution is -2.05. The number of carbonyl (C=O) groups is 1. The normalized spacial score (nSPS) is 13.0. The molecule has 0 aliphatic heterocycles. The zero-order valence-electron chi connectivity index (χ0n) is 12.8. The molecule has 23 heavy (non-hydrogen) atoms. The molecule has 2 rings (SSSR count). The van der Waals surface area contributed by atoms with E-state index in [-0.39, 0.29) is 0 Å². The van der Waals surface area contributed by atoms with E-state index in [9.17, 15) is 13.8 Å². The summed E-state index contributed by atoms with van der Waals surface area (Å²) >= 11 is 0. The minimum Gasteiger partial charge on any atom is -0.462 e. The van der Waals surface area contributed by atoms with Gasteiger partial charge in [0.1, 0.15) is 11.6 Å². The summed E-state index contributed by atoms with van der Waals surface area (Å²) in [5.74, 6) is -0.514. The van der Waals surface area contributed by atoms with Gasteiger partial charge in [-0.25, -0.2) is 9.18 Å². The topological polar surface area (TPSA) is 64.6 Å². The first kappa shape index (κ1) is 17.0. The number of esters is 1. The third-order valence-corrected chi connectivity index (χ3v) is 4.05. The Labute approximate surface area is 133 Å². The van der Waals surface area contributed by atoms with Crippen LogP contribution in [0.15, 0.2) is 48.5 Å². The highest BCUT2D eigenvalue weighted by molar-refractivity contribution is 7.60. The van der Waals surface area contributed by atoms with E-state index in [0.29, 0.717) is 23.6 Å². The zero-order valence-corrected chi connectivity index (χ0v) is 13.7. The molecule has 2 aromatic rings. The van der Waals surface area contributed by atoms with Crippen molar-refractivity contribution in [1.82, 2.24) is 0 Å². The van der Waals surface area contributed by atoms with Gasteiger partial charge in [0.2, 0.25) is 0 Å². The van der Waals surface area contributed by atoms with E-state index < -0.39 is 19.3 Å².